The van der Waals surface area contributed by atoms with E-state index in [9.17, 15) is 4.39 Å². The van der Waals surface area contributed by atoms with Crippen LogP contribution in [0.4, 0.5) is 4.39 Å². The molecule has 3 nitrogen and oxygen atoms in total. The van der Waals surface area contributed by atoms with Crippen molar-refractivity contribution in [1.82, 2.24) is 15.2 Å². The van der Waals surface area contributed by atoms with Crippen molar-refractivity contribution >= 4 is 23.4 Å². The maximum atomic E-state index is 13.1. The van der Waals surface area contributed by atoms with Gasteiger partial charge < -0.3 is 0 Å². The van der Waals surface area contributed by atoms with Crippen molar-refractivity contribution in [2.24, 2.45) is 0 Å². The molecule has 0 N–H and O–H groups in total. The first-order valence-corrected chi connectivity index (χ1v) is 5.99. The maximum Gasteiger partial charge on any atom is 0.209 e. The fourth-order valence-electron chi connectivity index (χ4n) is 1.21. The number of rotatable bonds is 2. The van der Waals surface area contributed by atoms with Crippen molar-refractivity contribution in [1.29, 1.82) is 0 Å². The van der Waals surface area contributed by atoms with Crippen molar-refractivity contribution in [3.8, 4) is 11.3 Å². The summed E-state index contributed by atoms with van der Waals surface area (Å²) in [5.74, 6) is -0.396. The molecule has 16 heavy (non-hydrogen) atoms. The quantitative estimate of drug-likeness (QED) is 0.773. The first kappa shape index (κ1) is 11.3. The highest BCUT2D eigenvalue weighted by Crippen LogP contribution is 2.23. The molecule has 1 aromatic heterocycles. The summed E-state index contributed by atoms with van der Waals surface area (Å²) >= 11 is 7.14. The predicted molar refractivity (Wildman–Crippen MR) is 62.0 cm³/mol. The van der Waals surface area contributed by atoms with Gasteiger partial charge in [0.25, 0.3) is 0 Å². The molecular formula is C10H7ClFN3S. The van der Waals surface area contributed by atoms with E-state index in [0.29, 0.717) is 21.4 Å². The van der Waals surface area contributed by atoms with Gasteiger partial charge in [0.05, 0.1) is 11.9 Å². The van der Waals surface area contributed by atoms with Crippen molar-refractivity contribution in [3.63, 3.8) is 0 Å². The van der Waals surface area contributed by atoms with Crippen LogP contribution in [-0.4, -0.2) is 21.4 Å². The van der Waals surface area contributed by atoms with Gasteiger partial charge in [0.1, 0.15) is 5.82 Å². The van der Waals surface area contributed by atoms with E-state index in [2.05, 4.69) is 15.2 Å². The van der Waals surface area contributed by atoms with E-state index in [1.807, 2.05) is 6.26 Å². The van der Waals surface area contributed by atoms with Gasteiger partial charge in [-0.15, -0.1) is 5.10 Å². The van der Waals surface area contributed by atoms with Gasteiger partial charge >= 0.3 is 0 Å². The lowest BCUT2D eigenvalue weighted by Gasteiger charge is -2.02. The summed E-state index contributed by atoms with van der Waals surface area (Å²) in [6.45, 7) is 0. The fraction of sp³-hybridized carbons (Fsp3) is 0.100. The highest BCUT2D eigenvalue weighted by molar-refractivity contribution is 7.98. The molecule has 1 heterocycles. The summed E-state index contributed by atoms with van der Waals surface area (Å²) in [5.41, 5.74) is 1.15. The molecule has 2 rings (SSSR count). The summed E-state index contributed by atoms with van der Waals surface area (Å²) in [6, 6.07) is 4.24. The Kier molecular flexibility index (Phi) is 3.36. The average molecular weight is 256 g/mol. The van der Waals surface area contributed by atoms with Gasteiger partial charge in [0.2, 0.25) is 5.16 Å². The lowest BCUT2D eigenvalue weighted by atomic mass is 10.1. The van der Waals surface area contributed by atoms with E-state index in [1.54, 1.807) is 6.07 Å². The van der Waals surface area contributed by atoms with E-state index >= 15 is 0 Å². The minimum atomic E-state index is -0.396. The summed E-state index contributed by atoms with van der Waals surface area (Å²) in [6.07, 6.45) is 3.32. The number of thioether (sulfide) groups is 1. The zero-order chi connectivity index (χ0) is 11.5. The molecule has 82 valence electrons. The van der Waals surface area contributed by atoms with E-state index in [1.165, 1.54) is 30.1 Å². The Bertz CT molecular complexity index is 501. The first-order chi connectivity index (χ1) is 7.69. The van der Waals surface area contributed by atoms with Crippen molar-refractivity contribution in [3.05, 3.63) is 35.2 Å². The minimum Gasteiger partial charge on any atom is -0.219 e. The van der Waals surface area contributed by atoms with Gasteiger partial charge in [0.15, 0.2) is 0 Å². The van der Waals surface area contributed by atoms with Crippen LogP contribution in [0.25, 0.3) is 11.3 Å². The number of aromatic nitrogens is 3. The monoisotopic (exact) mass is 255 g/mol. The van der Waals surface area contributed by atoms with Crippen LogP contribution in [0.15, 0.2) is 29.6 Å². The minimum absolute atomic E-state index is 0.333. The summed E-state index contributed by atoms with van der Waals surface area (Å²) in [4.78, 5) is 4.21. The predicted octanol–water partition coefficient (Wildman–Crippen LogP) is 3.05. The van der Waals surface area contributed by atoms with Crippen LogP contribution in [0, 0.1) is 5.82 Å². The molecule has 0 aliphatic heterocycles. The van der Waals surface area contributed by atoms with Gasteiger partial charge in [-0.25, -0.2) is 9.37 Å². The Hall–Kier alpha value is -1.20. The van der Waals surface area contributed by atoms with Crippen LogP contribution < -0.4 is 0 Å². The SMILES string of the molecule is CSc1nncc(-c2cc(F)cc(Cl)c2)n1. The molecule has 0 aliphatic carbocycles. The Morgan fingerprint density at radius 2 is 2.12 bits per heavy atom. The molecule has 0 radical (unpaired) electrons. The number of benzene rings is 1. The van der Waals surface area contributed by atoms with Crippen molar-refractivity contribution < 1.29 is 4.39 Å². The van der Waals surface area contributed by atoms with Crippen LogP contribution in [0.3, 0.4) is 0 Å². The van der Waals surface area contributed by atoms with E-state index in [4.69, 9.17) is 11.6 Å². The molecule has 0 saturated heterocycles. The average Bonchev–Trinajstić information content (AvgIpc) is 2.28. The number of hydrogen-bond acceptors (Lipinski definition) is 4. The molecule has 1 aromatic carbocycles. The van der Waals surface area contributed by atoms with E-state index in [0.717, 1.165) is 0 Å². The van der Waals surface area contributed by atoms with Crippen LogP contribution in [-0.2, 0) is 0 Å². The van der Waals surface area contributed by atoms with Crippen LogP contribution in [0.5, 0.6) is 0 Å². The lowest BCUT2D eigenvalue weighted by molar-refractivity contribution is 0.628. The second kappa shape index (κ2) is 4.76. The third-order valence-corrected chi connectivity index (χ3v) is 2.64. The molecule has 0 bridgehead atoms. The molecule has 0 spiro atoms. The molecule has 0 fully saturated rings. The summed E-state index contributed by atoms with van der Waals surface area (Å²) in [5, 5.41) is 8.47. The van der Waals surface area contributed by atoms with Crippen molar-refractivity contribution in [2.75, 3.05) is 6.26 Å². The molecular weight excluding hydrogens is 249 g/mol. The zero-order valence-electron chi connectivity index (χ0n) is 8.32. The van der Waals surface area contributed by atoms with Crippen LogP contribution in [0.1, 0.15) is 0 Å². The maximum absolute atomic E-state index is 13.1. The molecule has 2 aromatic rings. The van der Waals surface area contributed by atoms with Crippen LogP contribution >= 0.6 is 23.4 Å². The largest absolute Gasteiger partial charge is 0.219 e. The van der Waals surface area contributed by atoms with Gasteiger partial charge in [0, 0.05) is 10.6 Å². The summed E-state index contributed by atoms with van der Waals surface area (Å²) < 4.78 is 13.1. The van der Waals surface area contributed by atoms with E-state index < -0.39 is 5.82 Å². The standard InChI is InChI=1S/C10H7ClFN3S/c1-16-10-14-9(5-13-15-10)6-2-7(11)4-8(12)3-6/h2-5H,1H3. The Morgan fingerprint density at radius 1 is 1.31 bits per heavy atom. The normalized spacial score (nSPS) is 10.4. The smallest absolute Gasteiger partial charge is 0.209 e. The van der Waals surface area contributed by atoms with Gasteiger partial charge in [-0.05, 0) is 24.5 Å². The number of nitrogens with zero attached hydrogens (tertiary/aromatic N) is 3. The van der Waals surface area contributed by atoms with Gasteiger partial charge in [-0.1, -0.05) is 23.4 Å². The lowest BCUT2D eigenvalue weighted by Crippen LogP contribution is -1.93. The first-order valence-electron chi connectivity index (χ1n) is 4.39. The second-order valence-electron chi connectivity index (χ2n) is 2.99. The topological polar surface area (TPSA) is 38.7 Å². The molecule has 0 saturated carbocycles. The molecule has 0 amide bonds. The van der Waals surface area contributed by atoms with Crippen molar-refractivity contribution in [2.45, 2.75) is 5.16 Å². The highest BCUT2D eigenvalue weighted by atomic mass is 35.5. The third kappa shape index (κ3) is 2.48. The van der Waals surface area contributed by atoms with E-state index in [-0.39, 0.29) is 0 Å². The fourth-order valence-corrected chi connectivity index (χ4v) is 1.75. The molecule has 0 atom stereocenters. The van der Waals surface area contributed by atoms with Gasteiger partial charge in [-0.2, -0.15) is 5.10 Å². The molecule has 6 heteroatoms. The number of hydrogen-bond donors (Lipinski definition) is 0. The Balaban J connectivity index is 2.49. The molecule has 0 aliphatic rings. The third-order valence-electron chi connectivity index (χ3n) is 1.88. The Morgan fingerprint density at radius 3 is 2.81 bits per heavy atom. The zero-order valence-corrected chi connectivity index (χ0v) is 9.89. The molecule has 0 unspecified atom stereocenters. The number of halogens is 2. The van der Waals surface area contributed by atoms with Gasteiger partial charge in [-0.3, -0.25) is 0 Å². The van der Waals surface area contributed by atoms with Crippen LogP contribution in [0.2, 0.25) is 5.02 Å². The summed E-state index contributed by atoms with van der Waals surface area (Å²) in [7, 11) is 0. The Labute approximate surface area is 101 Å². The second-order valence-corrected chi connectivity index (χ2v) is 4.20. The highest BCUT2D eigenvalue weighted by Gasteiger charge is 2.05.